The second-order valence-corrected chi connectivity index (χ2v) is 5.73. The smallest absolute Gasteiger partial charge is 0.00637 e. The molecule has 0 N–H and O–H groups in total. The van der Waals surface area contributed by atoms with Crippen molar-refractivity contribution in [1.29, 1.82) is 0 Å². The quantitative estimate of drug-likeness (QED) is 0.580. The molecule has 1 heteroatoms. The summed E-state index contributed by atoms with van der Waals surface area (Å²) in [6.07, 6.45) is 6.78. The highest BCUT2D eigenvalue weighted by atomic mass is 15.1. The molecule has 0 spiro atoms. The fourth-order valence-electron chi connectivity index (χ4n) is 2.21. The van der Waals surface area contributed by atoms with Gasteiger partial charge in [0.15, 0.2) is 0 Å². The van der Waals surface area contributed by atoms with Crippen molar-refractivity contribution < 1.29 is 0 Å². The van der Waals surface area contributed by atoms with Gasteiger partial charge in [0.2, 0.25) is 0 Å². The lowest BCUT2D eigenvalue weighted by Gasteiger charge is -2.27. The zero-order valence-corrected chi connectivity index (χ0v) is 11.8. The minimum atomic E-state index is 0.555. The summed E-state index contributed by atoms with van der Waals surface area (Å²) >= 11 is 0. The molecule has 0 fully saturated rings. The summed E-state index contributed by atoms with van der Waals surface area (Å²) in [6.45, 7) is 12.8. The van der Waals surface area contributed by atoms with Crippen LogP contribution in [0.15, 0.2) is 0 Å². The van der Waals surface area contributed by atoms with E-state index in [0.717, 1.165) is 6.04 Å². The summed E-state index contributed by atoms with van der Waals surface area (Å²) in [6, 6.07) is 0.743. The van der Waals surface area contributed by atoms with Crippen molar-refractivity contribution in [2.75, 3.05) is 13.6 Å². The summed E-state index contributed by atoms with van der Waals surface area (Å²) in [5.41, 5.74) is 0.555. The molecular weight excluding hydrogens is 182 g/mol. The predicted molar refractivity (Wildman–Crippen MR) is 70.3 cm³/mol. The standard InChI is InChI=1S/C14H31N/c1-7-11-14(4,5)12-9-10-13(3)15(6)8-2/h13H,7-12H2,1-6H3. The number of hydrogen-bond acceptors (Lipinski definition) is 1. The maximum atomic E-state index is 2.44. The fourth-order valence-corrected chi connectivity index (χ4v) is 2.21. The van der Waals surface area contributed by atoms with Crippen LogP contribution in [0.3, 0.4) is 0 Å². The lowest BCUT2D eigenvalue weighted by atomic mass is 9.82. The molecule has 15 heavy (non-hydrogen) atoms. The molecule has 0 bridgehead atoms. The van der Waals surface area contributed by atoms with E-state index in [9.17, 15) is 0 Å². The SMILES string of the molecule is CCCC(C)(C)CCCC(C)N(C)CC. The van der Waals surface area contributed by atoms with Gasteiger partial charge < -0.3 is 4.90 Å². The molecule has 0 amide bonds. The van der Waals surface area contributed by atoms with E-state index in [1.165, 1.54) is 38.6 Å². The van der Waals surface area contributed by atoms with Gasteiger partial charge in [-0.2, -0.15) is 0 Å². The second-order valence-electron chi connectivity index (χ2n) is 5.73. The molecule has 1 atom stereocenters. The fraction of sp³-hybridized carbons (Fsp3) is 1.00. The monoisotopic (exact) mass is 213 g/mol. The molecule has 1 unspecified atom stereocenters. The lowest BCUT2D eigenvalue weighted by molar-refractivity contribution is 0.231. The van der Waals surface area contributed by atoms with Crippen molar-refractivity contribution in [2.24, 2.45) is 5.41 Å². The van der Waals surface area contributed by atoms with E-state index in [4.69, 9.17) is 0 Å². The first-order chi connectivity index (χ1) is 6.93. The molecule has 0 heterocycles. The molecule has 0 aliphatic heterocycles. The zero-order valence-electron chi connectivity index (χ0n) is 11.8. The Kier molecular flexibility index (Phi) is 7.25. The van der Waals surface area contributed by atoms with Crippen molar-refractivity contribution in [1.82, 2.24) is 4.90 Å². The third-order valence-electron chi connectivity index (χ3n) is 3.65. The Bertz CT molecular complexity index is 151. The Morgan fingerprint density at radius 1 is 1.13 bits per heavy atom. The Balaban J connectivity index is 3.69. The molecule has 0 aliphatic rings. The van der Waals surface area contributed by atoms with Crippen molar-refractivity contribution in [2.45, 2.75) is 72.8 Å². The van der Waals surface area contributed by atoms with Crippen LogP contribution in [-0.2, 0) is 0 Å². The van der Waals surface area contributed by atoms with E-state index in [1.54, 1.807) is 0 Å². The zero-order chi connectivity index (χ0) is 11.9. The minimum Gasteiger partial charge on any atom is -0.304 e. The average molecular weight is 213 g/mol. The van der Waals surface area contributed by atoms with Crippen LogP contribution in [0.25, 0.3) is 0 Å². The van der Waals surface area contributed by atoms with E-state index in [2.05, 4.69) is 46.6 Å². The molecule has 1 nitrogen and oxygen atoms in total. The van der Waals surface area contributed by atoms with Crippen LogP contribution < -0.4 is 0 Å². The molecule has 0 saturated heterocycles. The van der Waals surface area contributed by atoms with E-state index >= 15 is 0 Å². The van der Waals surface area contributed by atoms with E-state index in [-0.39, 0.29) is 0 Å². The Morgan fingerprint density at radius 2 is 1.73 bits per heavy atom. The summed E-state index contributed by atoms with van der Waals surface area (Å²) in [4.78, 5) is 2.44. The molecule has 0 aromatic heterocycles. The van der Waals surface area contributed by atoms with Crippen LogP contribution in [0.5, 0.6) is 0 Å². The molecule has 0 aromatic rings. The highest BCUT2D eigenvalue weighted by Gasteiger charge is 2.16. The first kappa shape index (κ1) is 15.0. The van der Waals surface area contributed by atoms with Gasteiger partial charge in [0.05, 0.1) is 0 Å². The molecule has 0 saturated carbocycles. The van der Waals surface area contributed by atoms with Crippen molar-refractivity contribution in [3.05, 3.63) is 0 Å². The summed E-state index contributed by atoms with van der Waals surface area (Å²) in [5, 5.41) is 0. The third kappa shape index (κ3) is 6.94. The number of nitrogens with zero attached hydrogens (tertiary/aromatic N) is 1. The molecule has 0 rings (SSSR count). The molecule has 0 radical (unpaired) electrons. The van der Waals surface area contributed by atoms with E-state index in [0.29, 0.717) is 5.41 Å². The molecular formula is C14H31N. The van der Waals surface area contributed by atoms with Crippen molar-refractivity contribution in [3.8, 4) is 0 Å². The largest absolute Gasteiger partial charge is 0.304 e. The maximum Gasteiger partial charge on any atom is 0.00637 e. The molecule has 0 aromatic carbocycles. The predicted octanol–water partition coefficient (Wildman–Crippen LogP) is 4.32. The van der Waals surface area contributed by atoms with Gasteiger partial charge in [-0.15, -0.1) is 0 Å². The topological polar surface area (TPSA) is 3.24 Å². The highest BCUT2D eigenvalue weighted by Crippen LogP contribution is 2.29. The number of rotatable bonds is 8. The average Bonchev–Trinajstić information content (AvgIpc) is 2.15. The van der Waals surface area contributed by atoms with Crippen LogP contribution in [-0.4, -0.2) is 24.5 Å². The summed E-state index contributed by atoms with van der Waals surface area (Å²) in [5.74, 6) is 0. The minimum absolute atomic E-state index is 0.555. The van der Waals surface area contributed by atoms with Gasteiger partial charge in [0.1, 0.15) is 0 Å². The van der Waals surface area contributed by atoms with Crippen molar-refractivity contribution >= 4 is 0 Å². The van der Waals surface area contributed by atoms with Gasteiger partial charge in [-0.25, -0.2) is 0 Å². The first-order valence-corrected chi connectivity index (χ1v) is 6.63. The summed E-state index contributed by atoms with van der Waals surface area (Å²) in [7, 11) is 2.22. The highest BCUT2D eigenvalue weighted by molar-refractivity contribution is 4.70. The first-order valence-electron chi connectivity index (χ1n) is 6.63. The van der Waals surface area contributed by atoms with Gasteiger partial charge in [0.25, 0.3) is 0 Å². The molecule has 0 aliphatic carbocycles. The van der Waals surface area contributed by atoms with Crippen LogP contribution in [0, 0.1) is 5.41 Å². The van der Waals surface area contributed by atoms with Crippen LogP contribution >= 0.6 is 0 Å². The Hall–Kier alpha value is -0.0400. The van der Waals surface area contributed by atoms with Crippen molar-refractivity contribution in [3.63, 3.8) is 0 Å². The summed E-state index contributed by atoms with van der Waals surface area (Å²) < 4.78 is 0. The van der Waals surface area contributed by atoms with E-state index in [1.807, 2.05) is 0 Å². The Morgan fingerprint density at radius 3 is 2.20 bits per heavy atom. The number of hydrogen-bond donors (Lipinski definition) is 0. The van der Waals surface area contributed by atoms with Gasteiger partial charge in [-0.1, -0.05) is 40.5 Å². The molecule has 92 valence electrons. The van der Waals surface area contributed by atoms with E-state index < -0.39 is 0 Å². The van der Waals surface area contributed by atoms with Crippen LogP contribution in [0.2, 0.25) is 0 Å². The van der Waals surface area contributed by atoms with Gasteiger partial charge >= 0.3 is 0 Å². The third-order valence-corrected chi connectivity index (χ3v) is 3.65. The Labute approximate surface area is 97.2 Å². The van der Waals surface area contributed by atoms with Crippen LogP contribution in [0.4, 0.5) is 0 Å². The normalized spacial score (nSPS) is 14.6. The van der Waals surface area contributed by atoms with Gasteiger partial charge in [0, 0.05) is 6.04 Å². The van der Waals surface area contributed by atoms with Gasteiger partial charge in [-0.3, -0.25) is 0 Å². The van der Waals surface area contributed by atoms with Crippen LogP contribution in [0.1, 0.15) is 66.7 Å². The second kappa shape index (κ2) is 7.27. The van der Waals surface area contributed by atoms with Gasteiger partial charge in [-0.05, 0) is 45.2 Å². The maximum absolute atomic E-state index is 2.44. The lowest BCUT2D eigenvalue weighted by Crippen LogP contribution is -2.28.